The number of nitrogens with zero attached hydrogens (tertiary/aromatic N) is 3. The van der Waals surface area contributed by atoms with Gasteiger partial charge in [-0.1, -0.05) is 151 Å². The Hall–Kier alpha value is -6.95. The second-order valence-corrected chi connectivity index (χ2v) is 13.9. The lowest BCUT2D eigenvalue weighted by molar-refractivity contribution is 0.669. The molecule has 0 saturated carbocycles. The highest BCUT2D eigenvalue weighted by Crippen LogP contribution is 2.43. The van der Waals surface area contributed by atoms with E-state index in [0.29, 0.717) is 22.3 Å². The third kappa shape index (κ3) is 5.01. The third-order valence-electron chi connectivity index (χ3n) is 9.69. The standard InChI is InChI=1S/C49H29N3OS/c1-3-11-30(12-4-1)31-21-23-34(24-22-31)47-50-48(35-26-28-40-43(29-35)53-42-20-10-17-36(44(40)42)32-13-5-2-6-14-32)52-49(51-47)41-19-9-18-38-39-27-25-33-15-7-8-16-37(33)45(39)54-46(38)41/h1-29H/i7D,8D,9D,15D,16D,18D,19D,25D,27D. The predicted octanol–water partition coefficient (Wildman–Crippen LogP) is 13.6. The summed E-state index contributed by atoms with van der Waals surface area (Å²) in [5.74, 6) is 0.546. The monoisotopic (exact) mass is 716 g/mol. The van der Waals surface area contributed by atoms with Crippen LogP contribution in [0.1, 0.15) is 12.3 Å². The highest BCUT2D eigenvalue weighted by atomic mass is 32.1. The number of hydrogen-bond donors (Lipinski definition) is 0. The van der Waals surface area contributed by atoms with Crippen molar-refractivity contribution >= 4 is 64.2 Å². The first kappa shape index (κ1) is 22.9. The fourth-order valence-electron chi connectivity index (χ4n) is 7.11. The first-order valence-electron chi connectivity index (χ1n) is 21.8. The topological polar surface area (TPSA) is 51.8 Å². The van der Waals surface area contributed by atoms with E-state index in [1.807, 2.05) is 103 Å². The summed E-state index contributed by atoms with van der Waals surface area (Å²) < 4.78 is 86.8. The van der Waals surface area contributed by atoms with Crippen molar-refractivity contribution < 1.29 is 16.8 Å². The van der Waals surface area contributed by atoms with Gasteiger partial charge in [0.25, 0.3) is 0 Å². The Balaban J connectivity index is 1.18. The number of hydrogen-bond acceptors (Lipinski definition) is 5. The summed E-state index contributed by atoms with van der Waals surface area (Å²) in [6.45, 7) is 0. The lowest BCUT2D eigenvalue weighted by Crippen LogP contribution is -2.00. The van der Waals surface area contributed by atoms with Crippen LogP contribution in [0.4, 0.5) is 0 Å². The quantitative estimate of drug-likeness (QED) is 0.178. The van der Waals surface area contributed by atoms with Crippen molar-refractivity contribution in [2.75, 3.05) is 0 Å². The Morgan fingerprint density at radius 3 is 1.93 bits per heavy atom. The Morgan fingerprint density at radius 1 is 0.426 bits per heavy atom. The summed E-state index contributed by atoms with van der Waals surface area (Å²) in [4.78, 5) is 14.9. The molecule has 0 atom stereocenters. The van der Waals surface area contributed by atoms with Gasteiger partial charge >= 0.3 is 0 Å². The van der Waals surface area contributed by atoms with Gasteiger partial charge in [-0.25, -0.2) is 15.0 Å². The lowest BCUT2D eigenvalue weighted by Gasteiger charge is -2.10. The molecule has 54 heavy (non-hydrogen) atoms. The van der Waals surface area contributed by atoms with Gasteiger partial charge in [-0.3, -0.25) is 0 Å². The SMILES string of the molecule is [2H]c1c([2H])c([2H])c2c(sc3c4c([2H])c([2H])c([2H])c([2H])c4c([2H])c([2H])c32)c1-c1nc(-c2ccc(-c3ccccc3)cc2)nc(-c2ccc3c(c2)oc2cccc(-c4ccccc4)c23)n1. The molecule has 3 aromatic heterocycles. The fraction of sp³-hybridized carbons (Fsp3) is 0. The van der Waals surface area contributed by atoms with Gasteiger partial charge in [0.05, 0.1) is 12.3 Å². The molecule has 3 heterocycles. The number of thiophene rings is 1. The zero-order valence-corrected chi connectivity index (χ0v) is 29.0. The lowest BCUT2D eigenvalue weighted by atomic mass is 9.99. The smallest absolute Gasteiger partial charge is 0.165 e. The second-order valence-electron chi connectivity index (χ2n) is 12.9. The summed E-state index contributed by atoms with van der Waals surface area (Å²) >= 11 is 1.03. The molecule has 0 amide bonds. The highest BCUT2D eigenvalue weighted by Gasteiger charge is 2.19. The van der Waals surface area contributed by atoms with Crippen molar-refractivity contribution in [3.8, 4) is 56.4 Å². The van der Waals surface area contributed by atoms with E-state index in [2.05, 4.69) is 18.2 Å². The number of aromatic nitrogens is 3. The van der Waals surface area contributed by atoms with Crippen LogP contribution in [0.3, 0.4) is 0 Å². The molecule has 11 rings (SSSR count). The number of fused-ring (bicyclic) bond motifs is 8. The van der Waals surface area contributed by atoms with Gasteiger partial charge in [0.2, 0.25) is 0 Å². The van der Waals surface area contributed by atoms with Crippen LogP contribution in [-0.2, 0) is 0 Å². The summed E-state index contributed by atoms with van der Waals surface area (Å²) in [5.41, 5.74) is 6.73. The van der Waals surface area contributed by atoms with E-state index < -0.39 is 30.2 Å². The molecule has 0 aliphatic rings. The first-order valence-corrected chi connectivity index (χ1v) is 18.1. The summed E-state index contributed by atoms with van der Waals surface area (Å²) in [5, 5.41) is 1.98. The minimum atomic E-state index is -0.524. The highest BCUT2D eigenvalue weighted by molar-refractivity contribution is 7.27. The molecular weight excluding hydrogens is 679 g/mol. The van der Waals surface area contributed by atoms with E-state index in [1.54, 1.807) is 0 Å². The Morgan fingerprint density at radius 2 is 1.09 bits per heavy atom. The molecule has 4 nitrogen and oxygen atoms in total. The normalized spacial score (nSPS) is 14.0. The van der Waals surface area contributed by atoms with Crippen LogP contribution in [0.5, 0.6) is 0 Å². The number of furan rings is 1. The number of benzene rings is 8. The van der Waals surface area contributed by atoms with Crippen LogP contribution in [-0.4, -0.2) is 15.0 Å². The molecule has 0 saturated heterocycles. The molecule has 11 aromatic rings. The van der Waals surface area contributed by atoms with E-state index in [0.717, 1.165) is 44.4 Å². The largest absolute Gasteiger partial charge is 0.456 e. The van der Waals surface area contributed by atoms with Crippen molar-refractivity contribution in [3.05, 3.63) is 176 Å². The molecule has 5 heteroatoms. The van der Waals surface area contributed by atoms with E-state index in [9.17, 15) is 1.37 Å². The Labute approximate surface area is 327 Å². The van der Waals surface area contributed by atoms with Gasteiger partial charge in [-0.05, 0) is 57.3 Å². The molecule has 0 unspecified atom stereocenters. The molecule has 0 N–H and O–H groups in total. The van der Waals surface area contributed by atoms with Crippen molar-refractivity contribution in [3.63, 3.8) is 0 Å². The maximum absolute atomic E-state index is 9.34. The molecular formula is C49H29N3OS. The molecule has 0 aliphatic carbocycles. The van der Waals surface area contributed by atoms with Gasteiger partial charge in [-0.2, -0.15) is 0 Å². The Bertz CT molecular complexity index is 3730. The average Bonchev–Trinajstić information content (AvgIpc) is 3.90. The Kier molecular flexibility index (Phi) is 5.22. The van der Waals surface area contributed by atoms with Crippen LogP contribution in [0.25, 0.3) is 109 Å². The molecule has 0 spiro atoms. The zero-order chi connectivity index (χ0) is 43.4. The van der Waals surface area contributed by atoms with Crippen LogP contribution < -0.4 is 0 Å². The van der Waals surface area contributed by atoms with Crippen molar-refractivity contribution in [1.82, 2.24) is 15.0 Å². The maximum atomic E-state index is 9.34. The summed E-state index contributed by atoms with van der Waals surface area (Å²) in [7, 11) is 0. The van der Waals surface area contributed by atoms with E-state index in [-0.39, 0.29) is 78.2 Å². The van der Waals surface area contributed by atoms with Gasteiger partial charge in [0.15, 0.2) is 17.5 Å². The minimum absolute atomic E-state index is 0.0251. The summed E-state index contributed by atoms with van der Waals surface area (Å²) in [6, 6.07) is 35.7. The van der Waals surface area contributed by atoms with Crippen LogP contribution in [0.15, 0.2) is 180 Å². The van der Waals surface area contributed by atoms with Crippen LogP contribution >= 0.6 is 11.3 Å². The van der Waals surface area contributed by atoms with Gasteiger partial charge < -0.3 is 4.42 Å². The third-order valence-corrected chi connectivity index (χ3v) is 10.9. The predicted molar refractivity (Wildman–Crippen MR) is 225 cm³/mol. The molecule has 0 bridgehead atoms. The molecule has 8 aromatic carbocycles. The maximum Gasteiger partial charge on any atom is 0.165 e. The summed E-state index contributed by atoms with van der Waals surface area (Å²) in [6.07, 6.45) is 0. The first-order chi connectivity index (χ1) is 30.5. The zero-order valence-electron chi connectivity index (χ0n) is 37.2. The number of rotatable bonds is 5. The van der Waals surface area contributed by atoms with Crippen LogP contribution in [0, 0.1) is 0 Å². The van der Waals surface area contributed by atoms with Gasteiger partial charge in [-0.15, -0.1) is 11.3 Å². The molecule has 0 aliphatic heterocycles. The van der Waals surface area contributed by atoms with E-state index >= 15 is 0 Å². The van der Waals surface area contributed by atoms with Crippen LogP contribution in [0.2, 0.25) is 0 Å². The van der Waals surface area contributed by atoms with E-state index in [1.165, 1.54) is 0 Å². The molecule has 0 radical (unpaired) electrons. The molecule has 0 fully saturated rings. The van der Waals surface area contributed by atoms with Crippen molar-refractivity contribution in [2.24, 2.45) is 0 Å². The minimum Gasteiger partial charge on any atom is -0.456 e. The van der Waals surface area contributed by atoms with Gasteiger partial charge in [0, 0.05) is 47.6 Å². The second kappa shape index (κ2) is 12.3. The van der Waals surface area contributed by atoms with Gasteiger partial charge in [0.1, 0.15) is 11.2 Å². The van der Waals surface area contributed by atoms with Crippen molar-refractivity contribution in [1.29, 1.82) is 0 Å². The fourth-order valence-corrected chi connectivity index (χ4v) is 8.32. The average molecular weight is 717 g/mol. The molecule has 252 valence electrons. The van der Waals surface area contributed by atoms with E-state index in [4.69, 9.17) is 30.3 Å². The van der Waals surface area contributed by atoms with Crippen molar-refractivity contribution in [2.45, 2.75) is 0 Å².